The lowest BCUT2D eigenvalue weighted by Gasteiger charge is -2.27. The van der Waals surface area contributed by atoms with E-state index >= 15 is 0 Å². The van der Waals surface area contributed by atoms with Crippen molar-refractivity contribution < 1.29 is 18.7 Å². The summed E-state index contributed by atoms with van der Waals surface area (Å²) in [6.07, 6.45) is 1.67. The second-order valence-electron chi connectivity index (χ2n) is 9.24. The van der Waals surface area contributed by atoms with Gasteiger partial charge in [-0.05, 0) is 58.0 Å². The third kappa shape index (κ3) is 4.49. The predicted octanol–water partition coefficient (Wildman–Crippen LogP) is 4.61. The molecule has 0 saturated carbocycles. The number of ether oxygens (including phenoxy) is 1. The third-order valence-electron chi connectivity index (χ3n) is 6.28. The number of hydrogen-bond acceptors (Lipinski definition) is 6. The maximum atomic E-state index is 13.6. The number of morpholine rings is 1. The molecule has 0 atom stereocenters. The highest BCUT2D eigenvalue weighted by Crippen LogP contribution is 2.30. The first-order chi connectivity index (χ1) is 17.3. The van der Waals surface area contributed by atoms with Crippen LogP contribution >= 0.6 is 0 Å². The van der Waals surface area contributed by atoms with Gasteiger partial charge < -0.3 is 19.4 Å². The Hall–Kier alpha value is -3.98. The minimum Gasteiger partial charge on any atom is -0.466 e. The van der Waals surface area contributed by atoms with Gasteiger partial charge in [0, 0.05) is 35.9 Å². The van der Waals surface area contributed by atoms with Gasteiger partial charge in [-0.1, -0.05) is 6.07 Å². The summed E-state index contributed by atoms with van der Waals surface area (Å²) < 4.78 is 12.9. The van der Waals surface area contributed by atoms with Crippen LogP contribution in [0.3, 0.4) is 0 Å². The minimum atomic E-state index is -0.305. The minimum absolute atomic E-state index is 0.0659. The van der Waals surface area contributed by atoms with Gasteiger partial charge in [0.1, 0.15) is 11.5 Å². The van der Waals surface area contributed by atoms with Gasteiger partial charge in [-0.15, -0.1) is 0 Å². The standard InChI is InChI=1S/C27H29N5O4/c1-16(2)32-25-23(15-28-32)22(14-24(30-25)21-12-17(3)36-18(21)4)26(33)29-20-7-5-6-19(13-20)27(34)31-8-10-35-11-9-31/h5-7,12-16H,8-11H2,1-4H3,(H,29,33). The number of amides is 2. The summed E-state index contributed by atoms with van der Waals surface area (Å²) in [7, 11) is 0. The molecule has 9 nitrogen and oxygen atoms in total. The third-order valence-corrected chi connectivity index (χ3v) is 6.28. The molecule has 1 aromatic carbocycles. The molecule has 0 unspecified atom stereocenters. The largest absolute Gasteiger partial charge is 0.466 e. The first kappa shape index (κ1) is 23.7. The maximum Gasteiger partial charge on any atom is 0.256 e. The summed E-state index contributed by atoms with van der Waals surface area (Å²) in [5.74, 6) is 1.12. The number of anilines is 1. The van der Waals surface area contributed by atoms with Crippen LogP contribution in [0.15, 0.2) is 47.0 Å². The summed E-state index contributed by atoms with van der Waals surface area (Å²) in [6.45, 7) is 9.97. The van der Waals surface area contributed by atoms with Crippen LogP contribution in [0.4, 0.5) is 5.69 Å². The topological polar surface area (TPSA) is 102 Å². The Balaban J connectivity index is 1.50. The molecular formula is C27H29N5O4. The summed E-state index contributed by atoms with van der Waals surface area (Å²) in [5.41, 5.74) is 3.61. The van der Waals surface area contributed by atoms with E-state index in [0.29, 0.717) is 59.8 Å². The second kappa shape index (κ2) is 9.58. The number of fused-ring (bicyclic) bond motifs is 1. The van der Waals surface area contributed by atoms with E-state index in [-0.39, 0.29) is 17.9 Å². The summed E-state index contributed by atoms with van der Waals surface area (Å²) in [4.78, 5) is 33.1. The van der Waals surface area contributed by atoms with Gasteiger partial charge >= 0.3 is 0 Å². The van der Waals surface area contributed by atoms with Crippen LogP contribution in [0.1, 0.15) is 52.1 Å². The van der Waals surface area contributed by atoms with E-state index in [1.54, 1.807) is 46.1 Å². The molecule has 5 rings (SSSR count). The Kier molecular flexibility index (Phi) is 6.32. The maximum absolute atomic E-state index is 13.6. The molecule has 9 heteroatoms. The highest BCUT2D eigenvalue weighted by atomic mass is 16.5. The van der Waals surface area contributed by atoms with Gasteiger partial charge in [0.25, 0.3) is 11.8 Å². The summed E-state index contributed by atoms with van der Waals surface area (Å²) >= 11 is 0. The molecule has 1 fully saturated rings. The van der Waals surface area contributed by atoms with Crippen LogP contribution in [0, 0.1) is 13.8 Å². The van der Waals surface area contributed by atoms with Crippen molar-refractivity contribution in [3.05, 3.63) is 65.2 Å². The van der Waals surface area contributed by atoms with Crippen molar-refractivity contribution in [2.24, 2.45) is 0 Å². The highest BCUT2D eigenvalue weighted by Gasteiger charge is 2.22. The lowest BCUT2D eigenvalue weighted by molar-refractivity contribution is 0.0303. The SMILES string of the molecule is Cc1cc(-c2cc(C(=O)Nc3cccc(C(=O)N4CCOCC4)c3)c3cnn(C(C)C)c3n2)c(C)o1. The van der Waals surface area contributed by atoms with E-state index in [9.17, 15) is 9.59 Å². The number of furan rings is 1. The smallest absolute Gasteiger partial charge is 0.256 e. The fourth-order valence-corrected chi connectivity index (χ4v) is 4.48. The number of carbonyl (C=O) groups is 2. The van der Waals surface area contributed by atoms with Gasteiger partial charge in [-0.2, -0.15) is 5.10 Å². The van der Waals surface area contributed by atoms with Gasteiger partial charge in [0.15, 0.2) is 5.65 Å². The van der Waals surface area contributed by atoms with Crippen LogP contribution in [0.2, 0.25) is 0 Å². The fourth-order valence-electron chi connectivity index (χ4n) is 4.48. The number of nitrogens with zero attached hydrogens (tertiary/aromatic N) is 4. The Morgan fingerprint density at radius 1 is 1.08 bits per heavy atom. The average molecular weight is 488 g/mol. The molecule has 1 aliphatic heterocycles. The van der Waals surface area contributed by atoms with Crippen molar-refractivity contribution >= 4 is 28.5 Å². The van der Waals surface area contributed by atoms with E-state index in [1.165, 1.54) is 0 Å². The Morgan fingerprint density at radius 2 is 1.86 bits per heavy atom. The zero-order chi connectivity index (χ0) is 25.4. The van der Waals surface area contributed by atoms with Crippen molar-refractivity contribution in [3.63, 3.8) is 0 Å². The quantitative estimate of drug-likeness (QED) is 0.441. The molecule has 2 amide bonds. The molecular weight excluding hydrogens is 458 g/mol. The number of nitrogens with one attached hydrogen (secondary N) is 1. The van der Waals surface area contributed by atoms with Gasteiger partial charge in [0.05, 0.1) is 36.1 Å². The van der Waals surface area contributed by atoms with Crippen molar-refractivity contribution in [2.75, 3.05) is 31.6 Å². The van der Waals surface area contributed by atoms with Crippen LogP contribution < -0.4 is 5.32 Å². The van der Waals surface area contributed by atoms with E-state index in [1.807, 2.05) is 33.8 Å². The Labute approximate surface area is 209 Å². The van der Waals surface area contributed by atoms with Crippen molar-refractivity contribution in [1.29, 1.82) is 0 Å². The van der Waals surface area contributed by atoms with Crippen molar-refractivity contribution in [2.45, 2.75) is 33.7 Å². The van der Waals surface area contributed by atoms with Gasteiger partial charge in [-0.25, -0.2) is 9.67 Å². The molecule has 0 radical (unpaired) electrons. The van der Waals surface area contributed by atoms with Crippen molar-refractivity contribution in [3.8, 4) is 11.3 Å². The lowest BCUT2D eigenvalue weighted by Crippen LogP contribution is -2.40. The van der Waals surface area contributed by atoms with E-state index in [0.717, 1.165) is 17.1 Å². The first-order valence-electron chi connectivity index (χ1n) is 12.1. The second-order valence-corrected chi connectivity index (χ2v) is 9.24. The number of aromatic nitrogens is 3. The molecule has 3 aromatic heterocycles. The summed E-state index contributed by atoms with van der Waals surface area (Å²) in [5, 5.41) is 8.11. The number of aryl methyl sites for hydroxylation is 2. The number of benzene rings is 1. The van der Waals surface area contributed by atoms with E-state index in [2.05, 4.69) is 10.4 Å². The normalized spacial score (nSPS) is 14.0. The molecule has 1 N–H and O–H groups in total. The van der Waals surface area contributed by atoms with E-state index < -0.39 is 0 Å². The molecule has 0 spiro atoms. The average Bonchev–Trinajstić information content (AvgIpc) is 3.46. The van der Waals surface area contributed by atoms with Crippen molar-refractivity contribution in [1.82, 2.24) is 19.7 Å². The van der Waals surface area contributed by atoms with Gasteiger partial charge in [0.2, 0.25) is 0 Å². The molecule has 4 heterocycles. The predicted molar refractivity (Wildman–Crippen MR) is 136 cm³/mol. The zero-order valence-corrected chi connectivity index (χ0v) is 20.9. The van der Waals surface area contributed by atoms with Crippen LogP contribution in [-0.2, 0) is 4.74 Å². The van der Waals surface area contributed by atoms with Crippen LogP contribution in [0.25, 0.3) is 22.3 Å². The number of hydrogen-bond donors (Lipinski definition) is 1. The molecule has 0 aliphatic carbocycles. The van der Waals surface area contributed by atoms with Crippen LogP contribution in [-0.4, -0.2) is 57.8 Å². The van der Waals surface area contributed by atoms with Crippen LogP contribution in [0.5, 0.6) is 0 Å². The number of carbonyl (C=O) groups excluding carboxylic acids is 2. The molecule has 4 aromatic rings. The monoisotopic (exact) mass is 487 g/mol. The highest BCUT2D eigenvalue weighted by molar-refractivity contribution is 6.13. The number of pyridine rings is 1. The Bertz CT molecular complexity index is 1450. The molecule has 1 aliphatic rings. The molecule has 0 bridgehead atoms. The number of rotatable bonds is 5. The Morgan fingerprint density at radius 3 is 2.56 bits per heavy atom. The molecule has 186 valence electrons. The molecule has 1 saturated heterocycles. The van der Waals surface area contributed by atoms with E-state index in [4.69, 9.17) is 14.1 Å². The fraction of sp³-hybridized carbons (Fsp3) is 0.333. The molecule has 36 heavy (non-hydrogen) atoms. The zero-order valence-electron chi connectivity index (χ0n) is 20.9. The first-order valence-corrected chi connectivity index (χ1v) is 12.1. The lowest BCUT2D eigenvalue weighted by atomic mass is 10.1. The summed E-state index contributed by atoms with van der Waals surface area (Å²) in [6, 6.07) is 10.8. The van der Waals surface area contributed by atoms with Gasteiger partial charge in [-0.3, -0.25) is 9.59 Å².